The van der Waals surface area contributed by atoms with Crippen LogP contribution in [-0.2, 0) is 9.53 Å². The van der Waals surface area contributed by atoms with Gasteiger partial charge in [0.1, 0.15) is 5.01 Å². The number of thiazole rings is 1. The van der Waals surface area contributed by atoms with E-state index in [0.29, 0.717) is 17.2 Å². The van der Waals surface area contributed by atoms with Crippen LogP contribution in [0.4, 0.5) is 0 Å². The average molecular weight is 477 g/mol. The molecule has 1 unspecified atom stereocenters. The fourth-order valence-electron chi connectivity index (χ4n) is 4.15. The van der Waals surface area contributed by atoms with Crippen LogP contribution < -0.4 is 0 Å². The fraction of sp³-hybridized carbons (Fsp3) is 0.296. The number of hydrogen-bond acceptors (Lipinski definition) is 6. The Labute approximate surface area is 203 Å². The maximum atomic E-state index is 13.8. The van der Waals surface area contributed by atoms with E-state index in [4.69, 9.17) is 4.74 Å². The van der Waals surface area contributed by atoms with E-state index in [9.17, 15) is 14.7 Å². The summed E-state index contributed by atoms with van der Waals surface area (Å²) in [6, 6.07) is 16.6. The van der Waals surface area contributed by atoms with Crippen molar-refractivity contribution >= 4 is 23.0 Å². The minimum Gasteiger partial charge on any atom is -0.503 e. The summed E-state index contributed by atoms with van der Waals surface area (Å²) in [5, 5.41) is 11.6. The average Bonchev–Trinajstić information content (AvgIpc) is 3.32. The third-order valence-electron chi connectivity index (χ3n) is 5.84. The summed E-state index contributed by atoms with van der Waals surface area (Å²) in [7, 11) is 0. The molecular weight excluding hydrogens is 448 g/mol. The Bertz CT molecular complexity index is 1250. The summed E-state index contributed by atoms with van der Waals surface area (Å²) in [6.45, 7) is 8.12. The molecule has 1 amide bonds. The molecule has 4 rings (SSSR count). The summed E-state index contributed by atoms with van der Waals surface area (Å²) in [5.74, 6) is -1.44. The first-order valence-corrected chi connectivity index (χ1v) is 12.1. The van der Waals surface area contributed by atoms with E-state index in [-0.39, 0.29) is 24.0 Å². The Kier molecular flexibility index (Phi) is 6.95. The second kappa shape index (κ2) is 9.91. The Morgan fingerprint density at radius 1 is 1.12 bits per heavy atom. The summed E-state index contributed by atoms with van der Waals surface area (Å²) < 4.78 is 5.67. The molecule has 0 bridgehead atoms. The van der Waals surface area contributed by atoms with Crippen molar-refractivity contribution in [1.82, 2.24) is 9.88 Å². The summed E-state index contributed by atoms with van der Waals surface area (Å²) in [4.78, 5) is 33.5. The normalized spacial score (nSPS) is 16.1. The van der Waals surface area contributed by atoms with Crippen molar-refractivity contribution in [2.24, 2.45) is 0 Å². The zero-order chi connectivity index (χ0) is 24.4. The Morgan fingerprint density at radius 3 is 2.47 bits per heavy atom. The van der Waals surface area contributed by atoms with Gasteiger partial charge in [0.2, 0.25) is 5.78 Å². The van der Waals surface area contributed by atoms with Crippen LogP contribution in [0, 0.1) is 13.8 Å². The number of aryl methyl sites for hydroxylation is 2. The molecule has 0 aliphatic carbocycles. The fourth-order valence-corrected chi connectivity index (χ4v) is 5.18. The molecule has 1 atom stereocenters. The molecule has 176 valence electrons. The highest BCUT2D eigenvalue weighted by atomic mass is 32.1. The number of ether oxygens (including phenoxy) is 1. The number of aliphatic hydroxyl groups excluding tert-OH is 1. The van der Waals surface area contributed by atoms with Crippen LogP contribution in [0.5, 0.6) is 0 Å². The lowest BCUT2D eigenvalue weighted by Gasteiger charge is -2.28. The maximum absolute atomic E-state index is 13.8. The van der Waals surface area contributed by atoms with Crippen LogP contribution in [-0.4, -0.2) is 45.9 Å². The number of nitrogens with zero attached hydrogens (tertiary/aromatic N) is 2. The zero-order valence-corrected chi connectivity index (χ0v) is 20.6. The van der Waals surface area contributed by atoms with Crippen LogP contribution in [0.25, 0.3) is 10.6 Å². The molecule has 2 aromatic carbocycles. The Balaban J connectivity index is 1.75. The number of rotatable bonds is 8. The molecule has 7 heteroatoms. The number of benzene rings is 2. The number of aromatic nitrogens is 1. The molecule has 0 spiro atoms. The third kappa shape index (κ3) is 4.54. The molecule has 6 nitrogen and oxygen atoms in total. The summed E-state index contributed by atoms with van der Waals surface area (Å²) in [6.07, 6.45) is 0.00789. The van der Waals surface area contributed by atoms with Gasteiger partial charge in [0.25, 0.3) is 5.91 Å². The molecule has 1 aliphatic heterocycles. The van der Waals surface area contributed by atoms with E-state index in [1.165, 1.54) is 16.2 Å². The van der Waals surface area contributed by atoms with Crippen molar-refractivity contribution in [3.63, 3.8) is 0 Å². The van der Waals surface area contributed by atoms with Crippen molar-refractivity contribution in [2.45, 2.75) is 39.8 Å². The number of aliphatic hydroxyl groups is 1. The second-order valence-electron chi connectivity index (χ2n) is 8.57. The maximum Gasteiger partial charge on any atom is 0.290 e. The SMILES string of the molecule is Cc1ccccc1C1C(C(=O)c2sc(-c3ccccc3)nc2C)=C(O)C(=O)N1CCOC(C)C. The van der Waals surface area contributed by atoms with Gasteiger partial charge in [0, 0.05) is 12.1 Å². The highest BCUT2D eigenvalue weighted by Crippen LogP contribution is 2.41. The second-order valence-corrected chi connectivity index (χ2v) is 9.57. The highest BCUT2D eigenvalue weighted by molar-refractivity contribution is 7.17. The van der Waals surface area contributed by atoms with Gasteiger partial charge in [-0.25, -0.2) is 4.98 Å². The highest BCUT2D eigenvalue weighted by Gasteiger charge is 2.44. The first kappa shape index (κ1) is 23.9. The quantitative estimate of drug-likeness (QED) is 0.439. The molecule has 0 saturated carbocycles. The molecule has 1 aromatic heterocycles. The molecule has 0 radical (unpaired) electrons. The smallest absolute Gasteiger partial charge is 0.290 e. The Hall–Kier alpha value is -3.29. The van der Waals surface area contributed by atoms with Crippen LogP contribution in [0.15, 0.2) is 65.9 Å². The number of carbonyl (C=O) groups is 2. The first-order valence-electron chi connectivity index (χ1n) is 11.3. The lowest BCUT2D eigenvalue weighted by atomic mass is 9.92. The predicted molar refractivity (Wildman–Crippen MR) is 133 cm³/mol. The van der Waals surface area contributed by atoms with Crippen molar-refractivity contribution in [3.8, 4) is 10.6 Å². The summed E-state index contributed by atoms with van der Waals surface area (Å²) in [5.41, 5.74) is 3.32. The van der Waals surface area contributed by atoms with Gasteiger partial charge in [0.15, 0.2) is 5.76 Å². The molecule has 1 aliphatic rings. The topological polar surface area (TPSA) is 79.7 Å². The van der Waals surface area contributed by atoms with E-state index in [0.717, 1.165) is 21.7 Å². The lowest BCUT2D eigenvalue weighted by Crippen LogP contribution is -2.34. The van der Waals surface area contributed by atoms with Gasteiger partial charge in [0.05, 0.1) is 34.9 Å². The van der Waals surface area contributed by atoms with Crippen molar-refractivity contribution < 1.29 is 19.4 Å². The zero-order valence-electron chi connectivity index (χ0n) is 19.7. The molecule has 0 fully saturated rings. The molecule has 34 heavy (non-hydrogen) atoms. The van der Waals surface area contributed by atoms with Gasteiger partial charge in [-0.1, -0.05) is 54.6 Å². The summed E-state index contributed by atoms with van der Waals surface area (Å²) >= 11 is 1.27. The van der Waals surface area contributed by atoms with Gasteiger partial charge < -0.3 is 14.7 Å². The van der Waals surface area contributed by atoms with E-state index in [1.807, 2.05) is 75.4 Å². The monoisotopic (exact) mass is 476 g/mol. The molecule has 3 aromatic rings. The number of ketones is 1. The number of Topliss-reactive ketones (excluding diaryl/α,β-unsaturated/α-hetero) is 1. The minimum absolute atomic E-state index is 0.00789. The number of amides is 1. The van der Waals surface area contributed by atoms with Crippen LogP contribution in [0.3, 0.4) is 0 Å². The van der Waals surface area contributed by atoms with Gasteiger partial charge in [-0.2, -0.15) is 0 Å². The van der Waals surface area contributed by atoms with E-state index >= 15 is 0 Å². The van der Waals surface area contributed by atoms with Crippen LogP contribution in [0.1, 0.15) is 46.4 Å². The van der Waals surface area contributed by atoms with E-state index in [1.54, 1.807) is 6.92 Å². The molecule has 0 saturated heterocycles. The van der Waals surface area contributed by atoms with Gasteiger partial charge in [-0.15, -0.1) is 11.3 Å². The van der Waals surface area contributed by atoms with Gasteiger partial charge in [-0.3, -0.25) is 9.59 Å². The van der Waals surface area contributed by atoms with Gasteiger partial charge >= 0.3 is 0 Å². The van der Waals surface area contributed by atoms with Crippen LogP contribution in [0.2, 0.25) is 0 Å². The number of hydrogen-bond donors (Lipinski definition) is 1. The standard InChI is InChI=1S/C27H28N2O4S/c1-16(2)33-15-14-29-22(20-13-9-8-10-17(20)3)21(24(31)27(29)32)23(30)25-18(4)28-26(34-25)19-11-6-5-7-12-19/h5-13,16,22,31H,14-15H2,1-4H3. The largest absolute Gasteiger partial charge is 0.503 e. The van der Waals surface area contributed by atoms with Gasteiger partial charge in [-0.05, 0) is 38.8 Å². The molecule has 1 N–H and O–H groups in total. The predicted octanol–water partition coefficient (Wildman–Crippen LogP) is 5.43. The van der Waals surface area contributed by atoms with Crippen molar-refractivity contribution in [3.05, 3.63) is 87.6 Å². The molecular formula is C27H28N2O4S. The number of carbonyl (C=O) groups excluding carboxylic acids is 2. The van der Waals surface area contributed by atoms with Crippen LogP contribution >= 0.6 is 11.3 Å². The first-order chi connectivity index (χ1) is 16.3. The lowest BCUT2D eigenvalue weighted by molar-refractivity contribution is -0.130. The van der Waals surface area contributed by atoms with Crippen molar-refractivity contribution in [2.75, 3.05) is 13.2 Å². The molecule has 2 heterocycles. The van der Waals surface area contributed by atoms with E-state index < -0.39 is 17.7 Å². The van der Waals surface area contributed by atoms with E-state index in [2.05, 4.69) is 4.98 Å². The van der Waals surface area contributed by atoms with Crippen molar-refractivity contribution in [1.29, 1.82) is 0 Å². The minimum atomic E-state index is -0.696. The third-order valence-corrected chi connectivity index (χ3v) is 7.04. The Morgan fingerprint density at radius 2 is 1.79 bits per heavy atom.